The minimum Gasteiger partial charge on any atom is -0.337 e. The lowest BCUT2D eigenvalue weighted by molar-refractivity contribution is 0.0771. The van der Waals surface area contributed by atoms with Crippen LogP contribution in [-0.2, 0) is 0 Å². The molecule has 1 fully saturated rings. The summed E-state index contributed by atoms with van der Waals surface area (Å²) in [6.07, 6.45) is 1.38. The summed E-state index contributed by atoms with van der Waals surface area (Å²) in [6, 6.07) is 4.04. The van der Waals surface area contributed by atoms with E-state index >= 15 is 0 Å². The van der Waals surface area contributed by atoms with Crippen LogP contribution in [0.4, 0.5) is 4.39 Å². The zero-order chi connectivity index (χ0) is 13.9. The quantitative estimate of drug-likeness (QED) is 0.826. The van der Waals surface area contributed by atoms with Crippen LogP contribution in [0.5, 0.6) is 0 Å². The molecule has 1 aromatic heterocycles. The molecule has 0 bridgehead atoms. The van der Waals surface area contributed by atoms with Gasteiger partial charge >= 0.3 is 0 Å². The van der Waals surface area contributed by atoms with Gasteiger partial charge in [-0.25, -0.2) is 4.39 Å². The molecule has 2 aromatic rings. The number of aromatic nitrogens is 4. The van der Waals surface area contributed by atoms with Gasteiger partial charge in [0.15, 0.2) is 0 Å². The molecule has 0 saturated carbocycles. The number of benzene rings is 1. The summed E-state index contributed by atoms with van der Waals surface area (Å²) >= 11 is 1.81. The van der Waals surface area contributed by atoms with Gasteiger partial charge in [-0.3, -0.25) is 4.79 Å². The second kappa shape index (κ2) is 5.58. The standard InChI is InChI=1S/C12H12FN5OS/c13-9-1-2-11(18-8-14-15-16-18)10(7-9)12(19)17-3-5-20-6-4-17/h1-2,7-8H,3-6H2. The van der Waals surface area contributed by atoms with Crippen LogP contribution in [0, 0.1) is 5.82 Å². The van der Waals surface area contributed by atoms with Crippen molar-refractivity contribution >= 4 is 17.7 Å². The number of thioether (sulfide) groups is 1. The van der Waals surface area contributed by atoms with Gasteiger partial charge in [0.2, 0.25) is 0 Å². The maximum atomic E-state index is 13.5. The third-order valence-electron chi connectivity index (χ3n) is 3.08. The van der Waals surface area contributed by atoms with Crippen LogP contribution in [0.15, 0.2) is 24.5 Å². The first-order chi connectivity index (χ1) is 9.75. The average Bonchev–Trinajstić information content (AvgIpc) is 3.01. The van der Waals surface area contributed by atoms with Crippen LogP contribution >= 0.6 is 11.8 Å². The molecule has 0 atom stereocenters. The van der Waals surface area contributed by atoms with Crippen LogP contribution in [0.3, 0.4) is 0 Å². The minimum absolute atomic E-state index is 0.185. The number of carbonyl (C=O) groups excluding carboxylic acids is 1. The molecule has 3 rings (SSSR count). The topological polar surface area (TPSA) is 63.9 Å². The lowest BCUT2D eigenvalue weighted by Gasteiger charge is -2.27. The molecule has 1 aromatic carbocycles. The van der Waals surface area contributed by atoms with E-state index in [0.29, 0.717) is 18.8 Å². The Hall–Kier alpha value is -1.96. The van der Waals surface area contributed by atoms with E-state index < -0.39 is 5.82 Å². The van der Waals surface area contributed by atoms with Crippen LogP contribution in [0.1, 0.15) is 10.4 Å². The van der Waals surface area contributed by atoms with Gasteiger partial charge in [-0.2, -0.15) is 16.4 Å². The van der Waals surface area contributed by atoms with Crippen molar-refractivity contribution in [3.05, 3.63) is 35.9 Å². The van der Waals surface area contributed by atoms with Gasteiger partial charge in [0.25, 0.3) is 5.91 Å². The first-order valence-electron chi connectivity index (χ1n) is 6.15. The summed E-state index contributed by atoms with van der Waals surface area (Å²) in [6.45, 7) is 1.35. The van der Waals surface area contributed by atoms with Gasteiger partial charge < -0.3 is 4.90 Å². The Kier molecular flexibility index (Phi) is 3.64. The molecule has 1 aliphatic rings. The number of amides is 1. The number of halogens is 1. The molecule has 6 nitrogen and oxygen atoms in total. The Balaban J connectivity index is 1.98. The summed E-state index contributed by atoms with van der Waals surface area (Å²) in [5.74, 6) is 1.18. The SMILES string of the molecule is O=C(c1cc(F)ccc1-n1cnnn1)N1CCSCC1. The molecule has 0 radical (unpaired) electrons. The van der Waals surface area contributed by atoms with Gasteiger partial charge in [-0.05, 0) is 28.6 Å². The van der Waals surface area contributed by atoms with E-state index in [1.54, 1.807) is 4.90 Å². The predicted octanol–water partition coefficient (Wildman–Crippen LogP) is 0.990. The smallest absolute Gasteiger partial charge is 0.256 e. The molecular weight excluding hydrogens is 281 g/mol. The summed E-state index contributed by atoms with van der Waals surface area (Å²) in [4.78, 5) is 14.3. The lowest BCUT2D eigenvalue weighted by atomic mass is 10.1. The maximum Gasteiger partial charge on any atom is 0.256 e. The van der Waals surface area contributed by atoms with E-state index in [4.69, 9.17) is 0 Å². The number of carbonyl (C=O) groups is 1. The molecule has 0 aliphatic carbocycles. The van der Waals surface area contributed by atoms with Crippen LogP contribution in [0.2, 0.25) is 0 Å². The first-order valence-corrected chi connectivity index (χ1v) is 7.31. The van der Waals surface area contributed by atoms with Crippen molar-refractivity contribution in [1.29, 1.82) is 0 Å². The highest BCUT2D eigenvalue weighted by Crippen LogP contribution is 2.19. The molecule has 1 saturated heterocycles. The van der Waals surface area contributed by atoms with Gasteiger partial charge in [0.1, 0.15) is 12.1 Å². The zero-order valence-electron chi connectivity index (χ0n) is 10.6. The Bertz CT molecular complexity index is 612. The number of hydrogen-bond donors (Lipinski definition) is 0. The Morgan fingerprint density at radius 2 is 2.10 bits per heavy atom. The number of tetrazole rings is 1. The largest absolute Gasteiger partial charge is 0.337 e. The summed E-state index contributed by atoms with van der Waals surface area (Å²) < 4.78 is 14.8. The van der Waals surface area contributed by atoms with Gasteiger partial charge in [0, 0.05) is 24.6 Å². The summed E-state index contributed by atoms with van der Waals surface area (Å²) in [5, 5.41) is 10.9. The molecule has 104 valence electrons. The third-order valence-corrected chi connectivity index (χ3v) is 4.03. The summed E-state index contributed by atoms with van der Waals surface area (Å²) in [7, 11) is 0. The van der Waals surface area contributed by atoms with E-state index in [2.05, 4.69) is 15.5 Å². The third kappa shape index (κ3) is 2.51. The van der Waals surface area contributed by atoms with Crippen molar-refractivity contribution in [2.24, 2.45) is 0 Å². The number of nitrogens with zero attached hydrogens (tertiary/aromatic N) is 5. The lowest BCUT2D eigenvalue weighted by Crippen LogP contribution is -2.38. The van der Waals surface area contributed by atoms with E-state index in [1.807, 2.05) is 11.8 Å². The minimum atomic E-state index is -0.448. The van der Waals surface area contributed by atoms with Gasteiger partial charge in [-0.1, -0.05) is 0 Å². The van der Waals surface area contributed by atoms with Crippen molar-refractivity contribution in [3.63, 3.8) is 0 Å². The van der Waals surface area contributed by atoms with Crippen LogP contribution in [-0.4, -0.2) is 55.6 Å². The fourth-order valence-electron chi connectivity index (χ4n) is 2.09. The van der Waals surface area contributed by atoms with Crippen LogP contribution in [0.25, 0.3) is 5.69 Å². The number of rotatable bonds is 2. The van der Waals surface area contributed by atoms with E-state index in [9.17, 15) is 9.18 Å². The Labute approximate surface area is 119 Å². The molecule has 8 heteroatoms. The maximum absolute atomic E-state index is 13.5. The van der Waals surface area contributed by atoms with E-state index in [0.717, 1.165) is 11.5 Å². The fraction of sp³-hybridized carbons (Fsp3) is 0.333. The highest BCUT2D eigenvalue weighted by molar-refractivity contribution is 7.99. The molecule has 20 heavy (non-hydrogen) atoms. The van der Waals surface area contributed by atoms with E-state index in [-0.39, 0.29) is 11.5 Å². The van der Waals surface area contributed by atoms with Crippen molar-refractivity contribution in [1.82, 2.24) is 25.1 Å². The molecule has 1 amide bonds. The molecular formula is C12H12FN5OS. The predicted molar refractivity (Wildman–Crippen MR) is 72.3 cm³/mol. The van der Waals surface area contributed by atoms with Crippen LogP contribution < -0.4 is 0 Å². The molecule has 1 aliphatic heterocycles. The van der Waals surface area contributed by atoms with Crippen molar-refractivity contribution in [3.8, 4) is 5.69 Å². The molecule has 0 N–H and O–H groups in total. The second-order valence-corrected chi connectivity index (χ2v) is 5.55. The molecule has 0 spiro atoms. The zero-order valence-corrected chi connectivity index (χ0v) is 11.4. The monoisotopic (exact) mass is 293 g/mol. The van der Waals surface area contributed by atoms with Crippen molar-refractivity contribution in [2.45, 2.75) is 0 Å². The Morgan fingerprint density at radius 3 is 2.80 bits per heavy atom. The summed E-state index contributed by atoms with van der Waals surface area (Å²) in [5.41, 5.74) is 0.767. The second-order valence-electron chi connectivity index (χ2n) is 4.32. The van der Waals surface area contributed by atoms with Gasteiger partial charge in [-0.15, -0.1) is 5.10 Å². The first kappa shape index (κ1) is 13.0. The molecule has 0 unspecified atom stereocenters. The fourth-order valence-corrected chi connectivity index (χ4v) is 2.99. The number of hydrogen-bond acceptors (Lipinski definition) is 5. The van der Waals surface area contributed by atoms with Crippen molar-refractivity contribution < 1.29 is 9.18 Å². The van der Waals surface area contributed by atoms with Crippen molar-refractivity contribution in [2.75, 3.05) is 24.6 Å². The van der Waals surface area contributed by atoms with E-state index in [1.165, 1.54) is 29.2 Å². The Morgan fingerprint density at radius 1 is 1.30 bits per heavy atom. The molecule has 2 heterocycles. The highest BCUT2D eigenvalue weighted by Gasteiger charge is 2.22. The highest BCUT2D eigenvalue weighted by atomic mass is 32.2. The average molecular weight is 293 g/mol. The van der Waals surface area contributed by atoms with Gasteiger partial charge in [0.05, 0.1) is 11.3 Å². The normalized spacial score (nSPS) is 15.3.